The van der Waals surface area contributed by atoms with Gasteiger partial charge in [-0.3, -0.25) is 0 Å². The average Bonchev–Trinajstić information content (AvgIpc) is 2.66. The smallest absolute Gasteiger partial charge is 0.338 e. The Morgan fingerprint density at radius 2 is 1.54 bits per heavy atom. The second-order valence-corrected chi connectivity index (χ2v) is 7.54. The second-order valence-electron chi connectivity index (χ2n) is 7.54. The molecule has 2 rings (SSSR count). The number of carbonyl (C=O) groups is 2. The largest absolute Gasteiger partial charge is 0.496 e. The molecule has 28 heavy (non-hydrogen) atoms. The Hall–Kier alpha value is -2.86. The minimum absolute atomic E-state index is 0.0409. The van der Waals surface area contributed by atoms with Crippen LogP contribution in [0.25, 0.3) is 11.1 Å². The van der Waals surface area contributed by atoms with E-state index in [1.165, 1.54) is 7.11 Å². The topological polar surface area (TPSA) is 87.9 Å². The van der Waals surface area contributed by atoms with Crippen LogP contribution >= 0.6 is 0 Å². The first-order valence-electron chi connectivity index (χ1n) is 8.94. The lowest BCUT2D eigenvalue weighted by molar-refractivity contribution is -0.170. The minimum atomic E-state index is -1.92. The molecule has 0 radical (unpaired) electrons. The van der Waals surface area contributed by atoms with Gasteiger partial charge in [0.25, 0.3) is 0 Å². The van der Waals surface area contributed by atoms with Crippen molar-refractivity contribution in [3.05, 3.63) is 54.1 Å². The molecular weight excluding hydrogens is 358 g/mol. The molecule has 2 aromatic carbocycles. The predicted molar refractivity (Wildman–Crippen MR) is 107 cm³/mol. The van der Waals surface area contributed by atoms with Gasteiger partial charge in [0.1, 0.15) is 11.4 Å². The molecule has 0 saturated heterocycles. The van der Waals surface area contributed by atoms with Crippen LogP contribution in [0, 0.1) is 0 Å². The molecule has 1 atom stereocenters. The predicted octanol–water partition coefficient (Wildman–Crippen LogP) is 3.12. The normalized spacial score (nSPS) is 13.4. The van der Waals surface area contributed by atoms with Crippen LogP contribution in [-0.2, 0) is 25.5 Å². The quantitative estimate of drug-likeness (QED) is 0.607. The van der Waals surface area contributed by atoms with Crippen molar-refractivity contribution >= 4 is 11.9 Å². The van der Waals surface area contributed by atoms with Crippen LogP contribution < -0.4 is 10.5 Å². The SMILES string of the molecule is COC(=O)C(N)(Cc1ccc(-c2ccccc2OC)cc1)C(=O)OC(C)(C)C. The fourth-order valence-corrected chi connectivity index (χ4v) is 2.79. The third-order valence-electron chi connectivity index (χ3n) is 4.17. The summed E-state index contributed by atoms with van der Waals surface area (Å²) in [6.45, 7) is 5.14. The van der Waals surface area contributed by atoms with Gasteiger partial charge in [-0.05, 0) is 38.0 Å². The lowest BCUT2D eigenvalue weighted by Gasteiger charge is -2.29. The van der Waals surface area contributed by atoms with Crippen LogP contribution in [0.2, 0.25) is 0 Å². The third-order valence-corrected chi connectivity index (χ3v) is 4.17. The van der Waals surface area contributed by atoms with E-state index in [4.69, 9.17) is 19.9 Å². The number of esters is 2. The van der Waals surface area contributed by atoms with Crippen molar-refractivity contribution in [2.75, 3.05) is 14.2 Å². The number of hydrogen-bond donors (Lipinski definition) is 1. The van der Waals surface area contributed by atoms with Crippen molar-refractivity contribution in [1.82, 2.24) is 0 Å². The standard InChI is InChI=1S/C22H27NO5/c1-21(2,3)28-20(25)22(23,19(24)27-5)14-15-10-12-16(13-11-15)17-8-6-7-9-18(17)26-4/h6-13H,14,23H2,1-5H3. The van der Waals surface area contributed by atoms with Gasteiger partial charge in [-0.1, -0.05) is 42.5 Å². The van der Waals surface area contributed by atoms with Crippen LogP contribution in [0.5, 0.6) is 5.75 Å². The van der Waals surface area contributed by atoms with Gasteiger partial charge >= 0.3 is 11.9 Å². The highest BCUT2D eigenvalue weighted by Gasteiger charge is 2.46. The fraction of sp³-hybridized carbons (Fsp3) is 0.364. The Bertz CT molecular complexity index is 839. The highest BCUT2D eigenvalue weighted by molar-refractivity contribution is 6.05. The maximum absolute atomic E-state index is 12.6. The zero-order valence-corrected chi connectivity index (χ0v) is 16.9. The summed E-state index contributed by atoms with van der Waals surface area (Å²) in [5.74, 6) is -0.900. The van der Waals surface area contributed by atoms with Gasteiger partial charge in [0.15, 0.2) is 0 Å². The maximum atomic E-state index is 12.6. The fourth-order valence-electron chi connectivity index (χ4n) is 2.79. The lowest BCUT2D eigenvalue weighted by atomic mass is 9.90. The third kappa shape index (κ3) is 4.89. The summed E-state index contributed by atoms with van der Waals surface area (Å²) in [6, 6.07) is 15.1. The van der Waals surface area contributed by atoms with E-state index in [0.717, 1.165) is 16.9 Å². The number of methoxy groups -OCH3 is 2. The first-order valence-corrected chi connectivity index (χ1v) is 8.94. The number of para-hydroxylation sites is 1. The molecule has 2 aromatic rings. The molecule has 6 nitrogen and oxygen atoms in total. The molecule has 0 aromatic heterocycles. The van der Waals surface area contributed by atoms with Crippen LogP contribution in [-0.4, -0.2) is 37.3 Å². The average molecular weight is 385 g/mol. The van der Waals surface area contributed by atoms with E-state index in [1.807, 2.05) is 48.5 Å². The summed E-state index contributed by atoms with van der Waals surface area (Å²) in [4.78, 5) is 24.9. The van der Waals surface area contributed by atoms with Crippen LogP contribution in [0.4, 0.5) is 0 Å². The van der Waals surface area contributed by atoms with Gasteiger partial charge in [-0.2, -0.15) is 0 Å². The van der Waals surface area contributed by atoms with Crippen molar-refractivity contribution in [2.24, 2.45) is 5.73 Å². The first kappa shape index (κ1) is 21.4. The van der Waals surface area contributed by atoms with Crippen molar-refractivity contribution in [1.29, 1.82) is 0 Å². The summed E-state index contributed by atoms with van der Waals surface area (Å²) in [5, 5.41) is 0. The van der Waals surface area contributed by atoms with Gasteiger partial charge in [0.05, 0.1) is 14.2 Å². The van der Waals surface area contributed by atoms with Gasteiger partial charge in [0.2, 0.25) is 5.54 Å². The molecule has 0 aliphatic carbocycles. The molecule has 2 N–H and O–H groups in total. The Balaban J connectivity index is 2.30. The van der Waals surface area contributed by atoms with Crippen molar-refractivity contribution in [3.8, 4) is 16.9 Å². The summed E-state index contributed by atoms with van der Waals surface area (Å²) in [5.41, 5.74) is 6.05. The number of carbonyl (C=O) groups excluding carboxylic acids is 2. The first-order chi connectivity index (χ1) is 13.1. The number of benzene rings is 2. The van der Waals surface area contributed by atoms with Gasteiger partial charge < -0.3 is 19.9 Å². The maximum Gasteiger partial charge on any atom is 0.338 e. The molecule has 1 unspecified atom stereocenters. The van der Waals surface area contributed by atoms with E-state index in [9.17, 15) is 9.59 Å². The zero-order chi connectivity index (χ0) is 20.9. The molecule has 0 amide bonds. The van der Waals surface area contributed by atoms with Crippen molar-refractivity contribution in [2.45, 2.75) is 38.3 Å². The Morgan fingerprint density at radius 3 is 2.07 bits per heavy atom. The van der Waals surface area contributed by atoms with E-state index < -0.39 is 23.1 Å². The Labute approximate surface area is 165 Å². The highest BCUT2D eigenvalue weighted by Crippen LogP contribution is 2.30. The highest BCUT2D eigenvalue weighted by atomic mass is 16.6. The van der Waals surface area contributed by atoms with E-state index in [2.05, 4.69) is 0 Å². The summed E-state index contributed by atoms with van der Waals surface area (Å²) in [7, 11) is 2.81. The Kier molecular flexibility index (Phi) is 6.46. The molecule has 6 heteroatoms. The molecule has 0 aliphatic rings. The van der Waals surface area contributed by atoms with Gasteiger partial charge in [-0.15, -0.1) is 0 Å². The molecular formula is C22H27NO5. The van der Waals surface area contributed by atoms with E-state index in [0.29, 0.717) is 5.56 Å². The van der Waals surface area contributed by atoms with Crippen LogP contribution in [0.3, 0.4) is 0 Å². The second kappa shape index (κ2) is 8.44. The van der Waals surface area contributed by atoms with Crippen molar-refractivity contribution in [3.63, 3.8) is 0 Å². The molecule has 0 saturated carbocycles. The van der Waals surface area contributed by atoms with Crippen LogP contribution in [0.1, 0.15) is 26.3 Å². The zero-order valence-electron chi connectivity index (χ0n) is 16.9. The number of rotatable bonds is 6. The van der Waals surface area contributed by atoms with E-state index in [1.54, 1.807) is 27.9 Å². The number of nitrogens with two attached hydrogens (primary N) is 1. The summed E-state index contributed by atoms with van der Waals surface area (Å²) >= 11 is 0. The summed E-state index contributed by atoms with van der Waals surface area (Å²) < 4.78 is 15.5. The minimum Gasteiger partial charge on any atom is -0.496 e. The Morgan fingerprint density at radius 1 is 0.929 bits per heavy atom. The van der Waals surface area contributed by atoms with Crippen LogP contribution in [0.15, 0.2) is 48.5 Å². The molecule has 0 aliphatic heterocycles. The van der Waals surface area contributed by atoms with Gasteiger partial charge in [-0.25, -0.2) is 9.59 Å². The molecule has 0 fully saturated rings. The lowest BCUT2D eigenvalue weighted by Crippen LogP contribution is -2.59. The monoisotopic (exact) mass is 385 g/mol. The molecule has 0 heterocycles. The van der Waals surface area contributed by atoms with Crippen molar-refractivity contribution < 1.29 is 23.8 Å². The summed E-state index contributed by atoms with van der Waals surface area (Å²) in [6.07, 6.45) is -0.0409. The molecule has 0 spiro atoms. The number of ether oxygens (including phenoxy) is 3. The van der Waals surface area contributed by atoms with E-state index in [-0.39, 0.29) is 6.42 Å². The molecule has 150 valence electrons. The van der Waals surface area contributed by atoms with E-state index >= 15 is 0 Å². The molecule has 0 bridgehead atoms. The number of hydrogen-bond acceptors (Lipinski definition) is 6. The van der Waals surface area contributed by atoms with Gasteiger partial charge in [0, 0.05) is 12.0 Å².